The van der Waals surface area contributed by atoms with Crippen molar-refractivity contribution in [2.75, 3.05) is 38.2 Å². The van der Waals surface area contributed by atoms with Crippen LogP contribution in [0.15, 0.2) is 29.6 Å². The van der Waals surface area contributed by atoms with Crippen LogP contribution in [-0.4, -0.2) is 54.0 Å². The van der Waals surface area contributed by atoms with Crippen molar-refractivity contribution in [3.05, 3.63) is 41.0 Å². The highest BCUT2D eigenvalue weighted by Gasteiger charge is 2.41. The molecule has 1 aromatic carbocycles. The smallest absolute Gasteiger partial charge is 0.157 e. The van der Waals surface area contributed by atoms with Gasteiger partial charge in [-0.25, -0.2) is 4.39 Å². The molecule has 3 aromatic rings. The number of benzene rings is 1. The summed E-state index contributed by atoms with van der Waals surface area (Å²) in [5, 5.41) is 16.0. The van der Waals surface area contributed by atoms with Crippen molar-refractivity contribution in [2.24, 2.45) is 17.8 Å². The average molecular weight is 467 g/mol. The molecule has 3 aliphatic rings. The molecule has 7 heteroatoms. The third-order valence-corrected chi connectivity index (χ3v) is 8.79. The number of rotatable bonds is 5. The number of thiophene rings is 1. The predicted molar refractivity (Wildman–Crippen MR) is 131 cm³/mol. The molecule has 1 N–H and O–H groups in total. The van der Waals surface area contributed by atoms with E-state index in [1.807, 2.05) is 6.92 Å². The van der Waals surface area contributed by atoms with Crippen LogP contribution in [0.2, 0.25) is 0 Å². The second-order valence-electron chi connectivity index (χ2n) is 10.1. The van der Waals surface area contributed by atoms with Crippen molar-refractivity contribution in [1.82, 2.24) is 15.1 Å². The number of fused-ring (bicyclic) bond motifs is 2. The largest absolute Gasteiger partial charge is 0.381 e. The topological polar surface area (TPSA) is 50.3 Å². The van der Waals surface area contributed by atoms with Crippen LogP contribution in [-0.2, 0) is 4.74 Å². The van der Waals surface area contributed by atoms with Crippen molar-refractivity contribution >= 4 is 27.2 Å². The van der Waals surface area contributed by atoms with Gasteiger partial charge in [0.05, 0.1) is 4.70 Å². The van der Waals surface area contributed by atoms with Gasteiger partial charge in [-0.2, -0.15) is 0 Å². The van der Waals surface area contributed by atoms with E-state index in [2.05, 4.69) is 31.9 Å². The molecule has 0 amide bonds. The number of likely N-dealkylation sites (tertiary alicyclic amines) is 1. The molecule has 2 aromatic heterocycles. The fourth-order valence-electron chi connectivity index (χ4n) is 6.16. The SMILES string of the molecule is Cc1ccc(F)cc1-c1nnc(N[C@@H]2CC3CN(CC4CCOCC4)C[C@H]3C2)c2ccsc12. The van der Waals surface area contributed by atoms with Gasteiger partial charge in [0.1, 0.15) is 11.5 Å². The highest BCUT2D eigenvalue weighted by atomic mass is 32.1. The lowest BCUT2D eigenvalue weighted by Crippen LogP contribution is -2.32. The van der Waals surface area contributed by atoms with Crippen LogP contribution in [0.1, 0.15) is 31.2 Å². The molecular weight excluding hydrogens is 435 g/mol. The maximum atomic E-state index is 13.9. The van der Waals surface area contributed by atoms with Gasteiger partial charge >= 0.3 is 0 Å². The standard InChI is InChI=1S/C26H31FN4OS/c1-16-2-3-20(27)12-23(16)24-25-22(6-9-33-25)26(30-29-24)28-21-10-18-14-31(15-19(18)11-21)13-17-4-7-32-8-5-17/h2-3,6,9,12,17-19,21H,4-5,7-8,10-11,13-15H2,1H3,(H,28,30)/t18-,19?,21+/m1/s1. The monoisotopic (exact) mass is 466 g/mol. The van der Waals surface area contributed by atoms with Crippen molar-refractivity contribution < 1.29 is 9.13 Å². The highest BCUT2D eigenvalue weighted by molar-refractivity contribution is 7.17. The van der Waals surface area contributed by atoms with Crippen molar-refractivity contribution in [1.29, 1.82) is 0 Å². The number of hydrogen-bond donors (Lipinski definition) is 1. The first-order chi connectivity index (χ1) is 16.1. The van der Waals surface area contributed by atoms with E-state index < -0.39 is 0 Å². The van der Waals surface area contributed by atoms with Crippen molar-refractivity contribution in [3.63, 3.8) is 0 Å². The van der Waals surface area contributed by atoms with Gasteiger partial charge in [0.25, 0.3) is 0 Å². The van der Waals surface area contributed by atoms with Crippen LogP contribution in [0.4, 0.5) is 10.2 Å². The summed E-state index contributed by atoms with van der Waals surface area (Å²) >= 11 is 1.65. The van der Waals surface area contributed by atoms with E-state index in [9.17, 15) is 4.39 Å². The van der Waals surface area contributed by atoms with Crippen molar-refractivity contribution in [3.8, 4) is 11.3 Å². The molecule has 1 saturated carbocycles. The Bertz CT molecular complexity index is 1130. The van der Waals surface area contributed by atoms with E-state index in [0.717, 1.165) is 63.7 Å². The van der Waals surface area contributed by atoms with Gasteiger partial charge in [-0.05, 0) is 79.5 Å². The summed E-state index contributed by atoms with van der Waals surface area (Å²) in [7, 11) is 0. The first-order valence-corrected chi connectivity index (χ1v) is 13.1. The van der Waals surface area contributed by atoms with E-state index in [0.29, 0.717) is 6.04 Å². The number of nitrogens with one attached hydrogen (secondary N) is 1. The summed E-state index contributed by atoms with van der Waals surface area (Å²) in [5.41, 5.74) is 2.60. The van der Waals surface area contributed by atoms with Crippen LogP contribution in [0.3, 0.4) is 0 Å². The normalized spacial score (nSPS) is 26.2. The van der Waals surface area contributed by atoms with Gasteiger partial charge in [0.15, 0.2) is 5.82 Å². The number of aryl methyl sites for hydroxylation is 1. The van der Waals surface area contributed by atoms with Crippen LogP contribution in [0.5, 0.6) is 0 Å². The Kier molecular flexibility index (Phi) is 5.80. The maximum Gasteiger partial charge on any atom is 0.157 e. The van der Waals surface area contributed by atoms with Gasteiger partial charge in [-0.3, -0.25) is 0 Å². The molecule has 33 heavy (non-hydrogen) atoms. The Hall–Kier alpha value is -2.09. The van der Waals surface area contributed by atoms with E-state index in [4.69, 9.17) is 4.74 Å². The first-order valence-electron chi connectivity index (χ1n) is 12.2. The van der Waals surface area contributed by atoms with E-state index >= 15 is 0 Å². The summed E-state index contributed by atoms with van der Waals surface area (Å²) in [6, 6.07) is 7.43. The number of aromatic nitrogens is 2. The Morgan fingerprint density at radius 2 is 1.91 bits per heavy atom. The van der Waals surface area contributed by atoms with Crippen LogP contribution in [0, 0.1) is 30.5 Å². The molecule has 0 radical (unpaired) electrons. The van der Waals surface area contributed by atoms with Crippen LogP contribution < -0.4 is 5.32 Å². The Balaban J connectivity index is 1.14. The lowest BCUT2D eigenvalue weighted by atomic mass is 10.00. The molecule has 1 unspecified atom stereocenters. The summed E-state index contributed by atoms with van der Waals surface area (Å²) < 4.78 is 20.5. The summed E-state index contributed by atoms with van der Waals surface area (Å²) in [5.74, 6) is 3.00. The Morgan fingerprint density at radius 3 is 2.70 bits per heavy atom. The molecule has 5 nitrogen and oxygen atoms in total. The number of nitrogens with zero attached hydrogens (tertiary/aromatic N) is 3. The molecule has 3 fully saturated rings. The fourth-order valence-corrected chi connectivity index (χ4v) is 7.06. The minimum absolute atomic E-state index is 0.243. The molecule has 4 heterocycles. The molecule has 6 rings (SSSR count). The zero-order valence-electron chi connectivity index (χ0n) is 19.1. The predicted octanol–water partition coefficient (Wildman–Crippen LogP) is 5.35. The van der Waals surface area contributed by atoms with Crippen LogP contribution >= 0.6 is 11.3 Å². The van der Waals surface area contributed by atoms with Gasteiger partial charge < -0.3 is 15.0 Å². The van der Waals surface area contributed by atoms with E-state index in [-0.39, 0.29) is 5.82 Å². The van der Waals surface area contributed by atoms with Crippen molar-refractivity contribution in [2.45, 2.75) is 38.6 Å². The number of halogens is 1. The zero-order valence-corrected chi connectivity index (χ0v) is 19.9. The summed E-state index contributed by atoms with van der Waals surface area (Å²) in [6.45, 7) is 7.58. The lowest BCUT2D eigenvalue weighted by Gasteiger charge is -2.27. The lowest BCUT2D eigenvalue weighted by molar-refractivity contribution is 0.0545. The molecule has 1 aliphatic carbocycles. The minimum atomic E-state index is -0.243. The third-order valence-electron chi connectivity index (χ3n) is 7.86. The van der Waals surface area contributed by atoms with E-state index in [1.54, 1.807) is 23.5 Å². The fraction of sp³-hybridized carbons (Fsp3) is 0.538. The molecule has 0 spiro atoms. The molecular formula is C26H31FN4OS. The second kappa shape index (κ2) is 8.93. The molecule has 2 aliphatic heterocycles. The quantitative estimate of drug-likeness (QED) is 0.549. The minimum Gasteiger partial charge on any atom is -0.381 e. The summed E-state index contributed by atoms with van der Waals surface area (Å²) in [4.78, 5) is 2.70. The molecule has 174 valence electrons. The third kappa shape index (κ3) is 4.27. The second-order valence-corrected chi connectivity index (χ2v) is 11.0. The number of hydrogen-bond acceptors (Lipinski definition) is 6. The first kappa shape index (κ1) is 21.4. The zero-order chi connectivity index (χ0) is 22.4. The number of ether oxygens (including phenoxy) is 1. The number of anilines is 1. The Morgan fingerprint density at radius 1 is 1.12 bits per heavy atom. The Labute approximate surface area is 198 Å². The molecule has 2 saturated heterocycles. The highest BCUT2D eigenvalue weighted by Crippen LogP contribution is 2.41. The van der Waals surface area contributed by atoms with E-state index in [1.165, 1.54) is 51.4 Å². The van der Waals surface area contributed by atoms with Gasteiger partial charge in [0.2, 0.25) is 0 Å². The molecule has 0 bridgehead atoms. The maximum absolute atomic E-state index is 13.9. The average Bonchev–Trinajstić information content (AvgIpc) is 3.52. The van der Waals surface area contributed by atoms with Gasteiger partial charge in [0, 0.05) is 49.8 Å². The molecule has 3 atom stereocenters. The van der Waals surface area contributed by atoms with Gasteiger partial charge in [-0.1, -0.05) is 6.07 Å². The van der Waals surface area contributed by atoms with Crippen LogP contribution in [0.25, 0.3) is 21.3 Å². The van der Waals surface area contributed by atoms with Gasteiger partial charge in [-0.15, -0.1) is 21.5 Å². The summed E-state index contributed by atoms with van der Waals surface area (Å²) in [6.07, 6.45) is 4.84.